The van der Waals surface area contributed by atoms with E-state index in [1.165, 1.54) is 43.4 Å². The molecule has 0 heterocycles. The lowest BCUT2D eigenvalue weighted by Crippen LogP contribution is -2.49. The molecule has 0 aromatic rings. The highest BCUT2D eigenvalue weighted by molar-refractivity contribution is 5.93. The smallest absolute Gasteiger partial charge is 0.325 e. The Labute approximate surface area is 180 Å². The summed E-state index contributed by atoms with van der Waals surface area (Å²) in [6.45, 7) is 10.7. The predicted octanol–water partition coefficient (Wildman–Crippen LogP) is 6.86. The third-order valence-corrected chi connectivity index (χ3v) is 5.27. The number of hydrogen-bond acceptors (Lipinski definition) is 2. The standard InChI is InChI=1S/C24H49N3O2/c1-5-7-9-12-15-19-25-23(28)27(21-17-10-8-6-2)24(29)26-20-16-13-11-14-18-22(3)4/h22H,5-21H2,1-4H3,(H,25,28)(H,26,29). The Morgan fingerprint density at radius 3 is 1.59 bits per heavy atom. The highest BCUT2D eigenvalue weighted by atomic mass is 16.2. The van der Waals surface area contributed by atoms with E-state index in [1.54, 1.807) is 0 Å². The second-order valence-corrected chi connectivity index (χ2v) is 8.69. The molecular weight excluding hydrogens is 362 g/mol. The van der Waals surface area contributed by atoms with Crippen LogP contribution in [0.15, 0.2) is 0 Å². The van der Waals surface area contributed by atoms with Crippen molar-refractivity contribution in [2.75, 3.05) is 19.6 Å². The normalized spacial score (nSPS) is 10.9. The number of imide groups is 1. The van der Waals surface area contributed by atoms with Crippen LogP contribution in [0, 0.1) is 5.92 Å². The van der Waals surface area contributed by atoms with Gasteiger partial charge in [-0.1, -0.05) is 98.3 Å². The summed E-state index contributed by atoms with van der Waals surface area (Å²) in [5.41, 5.74) is 0. The Morgan fingerprint density at radius 1 is 0.655 bits per heavy atom. The lowest BCUT2D eigenvalue weighted by Gasteiger charge is -2.22. The molecule has 0 aliphatic rings. The van der Waals surface area contributed by atoms with Gasteiger partial charge in [0.1, 0.15) is 0 Å². The quantitative estimate of drug-likeness (QED) is 0.242. The van der Waals surface area contributed by atoms with Crippen molar-refractivity contribution in [1.29, 1.82) is 0 Å². The van der Waals surface area contributed by atoms with Crippen molar-refractivity contribution < 1.29 is 9.59 Å². The van der Waals surface area contributed by atoms with Crippen LogP contribution in [0.3, 0.4) is 0 Å². The molecule has 0 spiro atoms. The zero-order valence-electron chi connectivity index (χ0n) is 19.9. The highest BCUT2D eigenvalue weighted by Gasteiger charge is 2.20. The van der Waals surface area contributed by atoms with Crippen LogP contribution in [0.25, 0.3) is 0 Å². The van der Waals surface area contributed by atoms with Crippen LogP contribution >= 0.6 is 0 Å². The maximum Gasteiger partial charge on any atom is 0.325 e. The first-order valence-electron chi connectivity index (χ1n) is 12.4. The molecule has 0 fully saturated rings. The van der Waals surface area contributed by atoms with Gasteiger partial charge in [-0.3, -0.25) is 0 Å². The molecule has 0 atom stereocenters. The number of nitrogens with one attached hydrogen (secondary N) is 2. The van der Waals surface area contributed by atoms with Crippen molar-refractivity contribution >= 4 is 12.1 Å². The summed E-state index contributed by atoms with van der Waals surface area (Å²) in [6.07, 6.45) is 15.9. The van der Waals surface area contributed by atoms with Crippen molar-refractivity contribution in [2.24, 2.45) is 5.92 Å². The number of amides is 4. The lowest BCUT2D eigenvalue weighted by molar-refractivity contribution is 0.184. The molecule has 0 radical (unpaired) electrons. The molecule has 0 rings (SSSR count). The molecule has 0 saturated carbocycles. The Bertz CT molecular complexity index is 400. The summed E-state index contributed by atoms with van der Waals surface area (Å²) < 4.78 is 0. The van der Waals surface area contributed by atoms with Gasteiger partial charge in [0, 0.05) is 19.6 Å². The molecule has 0 saturated heterocycles. The van der Waals surface area contributed by atoms with E-state index in [1.807, 2.05) is 0 Å². The van der Waals surface area contributed by atoms with Gasteiger partial charge in [-0.2, -0.15) is 0 Å². The largest absolute Gasteiger partial charge is 0.338 e. The van der Waals surface area contributed by atoms with Crippen LogP contribution in [-0.4, -0.2) is 36.6 Å². The predicted molar refractivity (Wildman–Crippen MR) is 124 cm³/mol. The molecule has 0 aromatic carbocycles. The average Bonchev–Trinajstić information content (AvgIpc) is 2.69. The van der Waals surface area contributed by atoms with E-state index in [0.717, 1.165) is 57.3 Å². The zero-order chi connectivity index (χ0) is 21.7. The monoisotopic (exact) mass is 411 g/mol. The number of carbonyl (C=O) groups excluding carboxylic acids is 2. The molecule has 4 amide bonds. The Hall–Kier alpha value is -1.26. The highest BCUT2D eigenvalue weighted by Crippen LogP contribution is 2.09. The van der Waals surface area contributed by atoms with Crippen LogP contribution in [-0.2, 0) is 0 Å². The van der Waals surface area contributed by atoms with Gasteiger partial charge in [-0.05, 0) is 25.2 Å². The van der Waals surface area contributed by atoms with E-state index < -0.39 is 0 Å². The number of hydrogen-bond donors (Lipinski definition) is 2. The minimum Gasteiger partial charge on any atom is -0.338 e. The molecule has 0 unspecified atom stereocenters. The van der Waals surface area contributed by atoms with E-state index in [0.29, 0.717) is 19.6 Å². The molecule has 0 bridgehead atoms. The summed E-state index contributed by atoms with van der Waals surface area (Å²) in [7, 11) is 0. The van der Waals surface area contributed by atoms with Crippen molar-refractivity contribution in [1.82, 2.24) is 15.5 Å². The van der Waals surface area contributed by atoms with Crippen LogP contribution in [0.2, 0.25) is 0 Å². The first-order chi connectivity index (χ1) is 14.0. The number of unbranched alkanes of at least 4 members (excludes halogenated alkanes) is 10. The van der Waals surface area contributed by atoms with E-state index in [-0.39, 0.29) is 12.1 Å². The Morgan fingerprint density at radius 2 is 1.10 bits per heavy atom. The summed E-state index contributed by atoms with van der Waals surface area (Å²) in [6, 6.07) is -0.487. The molecule has 0 aromatic heterocycles. The van der Waals surface area contributed by atoms with Crippen molar-refractivity contribution in [2.45, 2.75) is 118 Å². The fourth-order valence-corrected chi connectivity index (χ4v) is 3.33. The Balaban J connectivity index is 4.20. The van der Waals surface area contributed by atoms with Crippen molar-refractivity contribution in [3.63, 3.8) is 0 Å². The van der Waals surface area contributed by atoms with Crippen molar-refractivity contribution in [3.8, 4) is 0 Å². The summed E-state index contributed by atoms with van der Waals surface area (Å²) >= 11 is 0. The van der Waals surface area contributed by atoms with Gasteiger partial charge in [0.15, 0.2) is 0 Å². The van der Waals surface area contributed by atoms with E-state index in [4.69, 9.17) is 0 Å². The van der Waals surface area contributed by atoms with Gasteiger partial charge in [0.05, 0.1) is 0 Å². The van der Waals surface area contributed by atoms with E-state index in [2.05, 4.69) is 38.3 Å². The molecule has 0 aliphatic heterocycles. The van der Waals surface area contributed by atoms with Crippen LogP contribution in [0.4, 0.5) is 9.59 Å². The minimum absolute atomic E-state index is 0.243. The maximum absolute atomic E-state index is 12.6. The van der Waals surface area contributed by atoms with Gasteiger partial charge in [-0.15, -0.1) is 0 Å². The second kappa shape index (κ2) is 20.0. The summed E-state index contributed by atoms with van der Waals surface area (Å²) in [4.78, 5) is 26.5. The van der Waals surface area contributed by atoms with Crippen LogP contribution < -0.4 is 10.6 Å². The fourth-order valence-electron chi connectivity index (χ4n) is 3.33. The second-order valence-electron chi connectivity index (χ2n) is 8.69. The number of carbonyl (C=O) groups is 2. The molecule has 5 nitrogen and oxygen atoms in total. The van der Waals surface area contributed by atoms with Gasteiger partial charge < -0.3 is 10.6 Å². The SMILES string of the molecule is CCCCCCCNC(=O)N(CCCCCC)C(=O)NCCCCCCC(C)C. The summed E-state index contributed by atoms with van der Waals surface area (Å²) in [5, 5.41) is 5.89. The van der Waals surface area contributed by atoms with Gasteiger partial charge in [0.2, 0.25) is 0 Å². The van der Waals surface area contributed by atoms with E-state index in [9.17, 15) is 9.59 Å². The van der Waals surface area contributed by atoms with Crippen LogP contribution in [0.5, 0.6) is 0 Å². The summed E-state index contributed by atoms with van der Waals surface area (Å²) in [5.74, 6) is 0.765. The number of nitrogens with zero attached hydrogens (tertiary/aromatic N) is 1. The zero-order valence-corrected chi connectivity index (χ0v) is 19.9. The number of rotatable bonds is 18. The molecule has 172 valence electrons. The molecule has 5 heteroatoms. The lowest BCUT2D eigenvalue weighted by atomic mass is 10.0. The molecule has 29 heavy (non-hydrogen) atoms. The fraction of sp³-hybridized carbons (Fsp3) is 0.917. The van der Waals surface area contributed by atoms with Gasteiger partial charge >= 0.3 is 12.1 Å². The molecule has 0 aliphatic carbocycles. The van der Waals surface area contributed by atoms with Crippen molar-refractivity contribution in [3.05, 3.63) is 0 Å². The van der Waals surface area contributed by atoms with Crippen LogP contribution in [0.1, 0.15) is 118 Å². The average molecular weight is 412 g/mol. The molecule has 2 N–H and O–H groups in total. The Kier molecular flexibility index (Phi) is 19.2. The third kappa shape index (κ3) is 17.3. The first-order valence-corrected chi connectivity index (χ1v) is 12.4. The van der Waals surface area contributed by atoms with E-state index >= 15 is 0 Å². The van der Waals surface area contributed by atoms with Gasteiger partial charge in [-0.25, -0.2) is 14.5 Å². The number of urea groups is 2. The topological polar surface area (TPSA) is 61.4 Å². The minimum atomic E-state index is -0.244. The molecular formula is C24H49N3O2. The van der Waals surface area contributed by atoms with Gasteiger partial charge in [0.25, 0.3) is 0 Å². The maximum atomic E-state index is 12.6. The first kappa shape index (κ1) is 27.7. The third-order valence-electron chi connectivity index (χ3n) is 5.27.